The van der Waals surface area contributed by atoms with E-state index in [1.54, 1.807) is 24.3 Å². The van der Waals surface area contributed by atoms with E-state index in [0.29, 0.717) is 10.6 Å². The van der Waals surface area contributed by atoms with Gasteiger partial charge in [-0.1, -0.05) is 39.7 Å². The van der Waals surface area contributed by atoms with Crippen LogP contribution >= 0.6 is 27.5 Å². The van der Waals surface area contributed by atoms with Crippen LogP contribution in [0.5, 0.6) is 0 Å². The van der Waals surface area contributed by atoms with Crippen molar-refractivity contribution >= 4 is 33.2 Å². The molecule has 2 rings (SSSR count). The summed E-state index contributed by atoms with van der Waals surface area (Å²) in [7, 11) is 0. The summed E-state index contributed by atoms with van der Waals surface area (Å²) < 4.78 is 38.5. The maximum absolute atomic E-state index is 12.8. The van der Waals surface area contributed by atoms with Crippen LogP contribution in [0.2, 0.25) is 5.02 Å². The Kier molecular flexibility index (Phi) is 3.79. The molecule has 1 aromatic carbocycles. The number of nitriles is 1. The largest absolute Gasteiger partial charge is 0.410 e. The van der Waals surface area contributed by atoms with Crippen LogP contribution in [0, 0.1) is 11.3 Å². The predicted octanol–water partition coefficient (Wildman–Crippen LogP) is 3.87. The van der Waals surface area contributed by atoms with Crippen LogP contribution in [0.15, 0.2) is 29.8 Å². The molecule has 0 fully saturated rings. The second kappa shape index (κ2) is 5.06. The minimum Gasteiger partial charge on any atom is -0.371 e. The monoisotopic (exact) mass is 350 g/mol. The molecule has 7 heteroatoms. The zero-order valence-electron chi connectivity index (χ0n) is 9.30. The molecule has 0 spiro atoms. The van der Waals surface area contributed by atoms with Gasteiger partial charge in [0.05, 0.1) is 22.2 Å². The van der Waals surface area contributed by atoms with Crippen LogP contribution < -0.4 is 5.32 Å². The molecule has 0 aromatic heterocycles. The SMILES string of the molecule is N#CC1=C(c2ccc(Cl)cc2)NC(C(F)(F)F)C1Br. The topological polar surface area (TPSA) is 35.8 Å². The summed E-state index contributed by atoms with van der Waals surface area (Å²) in [6.45, 7) is 0. The summed E-state index contributed by atoms with van der Waals surface area (Å²) in [5, 5.41) is 11.9. The first-order chi connectivity index (χ1) is 8.84. The average Bonchev–Trinajstić information content (AvgIpc) is 2.67. The molecule has 1 aliphatic heterocycles. The molecule has 2 nitrogen and oxygen atoms in total. The van der Waals surface area contributed by atoms with Gasteiger partial charge in [0.1, 0.15) is 6.04 Å². The molecule has 1 N–H and O–H groups in total. The lowest BCUT2D eigenvalue weighted by molar-refractivity contribution is -0.148. The minimum absolute atomic E-state index is 0.0321. The molecule has 1 aliphatic rings. The summed E-state index contributed by atoms with van der Waals surface area (Å²) in [5.41, 5.74) is 0.713. The van der Waals surface area contributed by atoms with Crippen molar-refractivity contribution < 1.29 is 13.2 Å². The highest BCUT2D eigenvalue weighted by Crippen LogP contribution is 2.38. The fraction of sp³-hybridized carbons (Fsp3) is 0.250. The summed E-state index contributed by atoms with van der Waals surface area (Å²) >= 11 is 8.66. The number of hydrogen-bond acceptors (Lipinski definition) is 2. The third kappa shape index (κ3) is 2.72. The summed E-state index contributed by atoms with van der Waals surface area (Å²) in [6.07, 6.45) is -4.44. The zero-order chi connectivity index (χ0) is 14.2. The summed E-state index contributed by atoms with van der Waals surface area (Å²) in [6, 6.07) is 6.26. The Balaban J connectivity index is 2.42. The fourth-order valence-electron chi connectivity index (χ4n) is 1.83. The van der Waals surface area contributed by atoms with E-state index in [1.807, 2.05) is 6.07 Å². The highest BCUT2D eigenvalue weighted by atomic mass is 79.9. The second-order valence-corrected chi connectivity index (χ2v) is 5.40. The van der Waals surface area contributed by atoms with Crippen molar-refractivity contribution in [2.24, 2.45) is 0 Å². The maximum Gasteiger partial charge on any atom is 0.410 e. The first kappa shape index (κ1) is 14.2. The van der Waals surface area contributed by atoms with Gasteiger partial charge < -0.3 is 5.32 Å². The van der Waals surface area contributed by atoms with Crippen molar-refractivity contribution in [3.05, 3.63) is 40.4 Å². The van der Waals surface area contributed by atoms with Crippen molar-refractivity contribution in [1.82, 2.24) is 5.32 Å². The van der Waals surface area contributed by atoms with Crippen LogP contribution in [-0.2, 0) is 0 Å². The van der Waals surface area contributed by atoms with Crippen LogP contribution in [0.25, 0.3) is 5.70 Å². The van der Waals surface area contributed by atoms with E-state index in [-0.39, 0.29) is 11.3 Å². The first-order valence-corrected chi connectivity index (χ1v) is 6.51. The standard InChI is InChI=1S/C12H7BrClF3N2/c13-9-8(5-18)10(19-11(9)12(15,16)17)6-1-3-7(14)4-2-6/h1-4,9,11,19H. The summed E-state index contributed by atoms with van der Waals surface area (Å²) in [5.74, 6) is 0. The molecule has 0 amide bonds. The van der Waals surface area contributed by atoms with Gasteiger partial charge in [0.2, 0.25) is 0 Å². The van der Waals surface area contributed by atoms with Gasteiger partial charge in [-0.2, -0.15) is 18.4 Å². The average molecular weight is 352 g/mol. The Morgan fingerprint density at radius 2 is 1.84 bits per heavy atom. The van der Waals surface area contributed by atoms with Gasteiger partial charge in [-0.3, -0.25) is 0 Å². The van der Waals surface area contributed by atoms with Crippen molar-refractivity contribution in [1.29, 1.82) is 5.26 Å². The number of halogens is 5. The third-order valence-corrected chi connectivity index (χ3v) is 3.98. The van der Waals surface area contributed by atoms with E-state index >= 15 is 0 Å². The van der Waals surface area contributed by atoms with E-state index in [1.165, 1.54) is 0 Å². The number of rotatable bonds is 1. The van der Waals surface area contributed by atoms with Gasteiger partial charge in [-0.25, -0.2) is 0 Å². The first-order valence-electron chi connectivity index (χ1n) is 5.22. The van der Waals surface area contributed by atoms with E-state index in [2.05, 4.69) is 21.2 Å². The lowest BCUT2D eigenvalue weighted by Gasteiger charge is -2.19. The Hall–Kier alpha value is -1.19. The maximum atomic E-state index is 12.8. The van der Waals surface area contributed by atoms with Gasteiger partial charge in [0.15, 0.2) is 0 Å². The Morgan fingerprint density at radius 3 is 2.32 bits per heavy atom. The minimum atomic E-state index is -4.44. The Morgan fingerprint density at radius 1 is 1.26 bits per heavy atom. The van der Waals surface area contributed by atoms with Gasteiger partial charge in [0.25, 0.3) is 0 Å². The van der Waals surface area contributed by atoms with Crippen molar-refractivity contribution in [2.45, 2.75) is 17.0 Å². The highest BCUT2D eigenvalue weighted by molar-refractivity contribution is 9.09. The van der Waals surface area contributed by atoms with E-state index < -0.39 is 17.0 Å². The molecule has 100 valence electrons. The van der Waals surface area contributed by atoms with Crippen LogP contribution in [0.4, 0.5) is 13.2 Å². The van der Waals surface area contributed by atoms with Crippen LogP contribution in [0.3, 0.4) is 0 Å². The molecule has 2 atom stereocenters. The van der Waals surface area contributed by atoms with Gasteiger partial charge in [-0.05, 0) is 17.7 Å². The summed E-state index contributed by atoms with van der Waals surface area (Å²) in [4.78, 5) is -1.09. The van der Waals surface area contributed by atoms with E-state index in [9.17, 15) is 13.2 Å². The second-order valence-electron chi connectivity index (χ2n) is 3.97. The molecule has 0 radical (unpaired) electrons. The lowest BCUT2D eigenvalue weighted by Crippen LogP contribution is -2.43. The van der Waals surface area contributed by atoms with Crippen molar-refractivity contribution in [2.75, 3.05) is 0 Å². The Bertz CT molecular complexity index is 560. The number of hydrogen-bond donors (Lipinski definition) is 1. The molecule has 0 bridgehead atoms. The Labute approximate surface area is 121 Å². The van der Waals surface area contributed by atoms with Crippen molar-refractivity contribution in [3.8, 4) is 6.07 Å². The molecule has 2 unspecified atom stereocenters. The van der Waals surface area contributed by atoms with Crippen LogP contribution in [-0.4, -0.2) is 17.0 Å². The lowest BCUT2D eigenvalue weighted by atomic mass is 10.1. The smallest absolute Gasteiger partial charge is 0.371 e. The molecule has 19 heavy (non-hydrogen) atoms. The molecular formula is C12H7BrClF3N2. The quantitative estimate of drug-likeness (QED) is 0.780. The molecule has 0 saturated heterocycles. The number of nitrogens with zero attached hydrogens (tertiary/aromatic N) is 1. The molecular weight excluding hydrogens is 344 g/mol. The normalized spacial score (nSPS) is 23.2. The molecule has 0 saturated carbocycles. The fourth-order valence-corrected chi connectivity index (χ4v) is 2.72. The van der Waals surface area contributed by atoms with Gasteiger partial charge in [0, 0.05) is 5.02 Å². The number of alkyl halides is 4. The zero-order valence-corrected chi connectivity index (χ0v) is 11.6. The molecule has 1 aromatic rings. The van der Waals surface area contributed by atoms with E-state index in [0.717, 1.165) is 0 Å². The molecule has 0 aliphatic carbocycles. The van der Waals surface area contributed by atoms with E-state index in [4.69, 9.17) is 16.9 Å². The third-order valence-electron chi connectivity index (χ3n) is 2.74. The highest BCUT2D eigenvalue weighted by Gasteiger charge is 2.50. The van der Waals surface area contributed by atoms with Crippen molar-refractivity contribution in [3.63, 3.8) is 0 Å². The number of nitrogens with one attached hydrogen (secondary N) is 1. The van der Waals surface area contributed by atoms with Gasteiger partial charge >= 0.3 is 6.18 Å². The predicted molar refractivity (Wildman–Crippen MR) is 69.7 cm³/mol. The van der Waals surface area contributed by atoms with Crippen LogP contribution in [0.1, 0.15) is 5.56 Å². The number of benzene rings is 1. The van der Waals surface area contributed by atoms with Gasteiger partial charge in [-0.15, -0.1) is 0 Å². The molecule has 1 heterocycles.